The van der Waals surface area contributed by atoms with Crippen molar-refractivity contribution in [1.82, 2.24) is 5.32 Å². The van der Waals surface area contributed by atoms with E-state index in [1.807, 2.05) is 13.8 Å². The highest BCUT2D eigenvalue weighted by molar-refractivity contribution is 5.94. The molecule has 96 valence electrons. The predicted octanol–water partition coefficient (Wildman–Crippen LogP) is 1.57. The molecular formula is C14H18N2O2. The third-order valence-electron chi connectivity index (χ3n) is 2.31. The van der Waals surface area contributed by atoms with E-state index in [-0.39, 0.29) is 5.91 Å². The van der Waals surface area contributed by atoms with Gasteiger partial charge in [-0.15, -0.1) is 0 Å². The summed E-state index contributed by atoms with van der Waals surface area (Å²) in [5.74, 6) is -0.153. The number of primary amides is 1. The van der Waals surface area contributed by atoms with Gasteiger partial charge in [0.15, 0.2) is 0 Å². The average Bonchev–Trinajstić information content (AvgIpc) is 2.34. The molecule has 2 amide bonds. The number of benzene rings is 1. The van der Waals surface area contributed by atoms with Crippen molar-refractivity contribution in [3.63, 3.8) is 0 Å². The fourth-order valence-electron chi connectivity index (χ4n) is 1.29. The van der Waals surface area contributed by atoms with Crippen LogP contribution >= 0.6 is 0 Å². The highest BCUT2D eigenvalue weighted by Gasteiger charge is 1.99. The first-order valence-corrected chi connectivity index (χ1v) is 5.85. The Hall–Kier alpha value is -2.10. The Kier molecular flexibility index (Phi) is 5.11. The monoisotopic (exact) mass is 246 g/mol. The highest BCUT2D eigenvalue weighted by Crippen LogP contribution is 2.05. The summed E-state index contributed by atoms with van der Waals surface area (Å²) in [7, 11) is 0. The Bertz CT molecular complexity index is 447. The minimum atomic E-state index is -0.458. The first-order valence-electron chi connectivity index (χ1n) is 5.85. The number of nitrogens with one attached hydrogen (secondary N) is 1. The first kappa shape index (κ1) is 14.0. The number of nitrogens with two attached hydrogens (primary N) is 1. The number of hydrogen-bond acceptors (Lipinski definition) is 2. The normalized spacial score (nSPS) is 10.8. The molecule has 0 aliphatic heterocycles. The lowest BCUT2D eigenvalue weighted by atomic mass is 10.1. The summed E-state index contributed by atoms with van der Waals surface area (Å²) in [5.41, 5.74) is 6.43. The van der Waals surface area contributed by atoms with Gasteiger partial charge in [-0.25, -0.2) is 0 Å². The third kappa shape index (κ3) is 4.82. The van der Waals surface area contributed by atoms with Gasteiger partial charge in [-0.2, -0.15) is 0 Å². The quantitative estimate of drug-likeness (QED) is 0.774. The van der Waals surface area contributed by atoms with Gasteiger partial charge in [-0.3, -0.25) is 9.59 Å². The third-order valence-corrected chi connectivity index (χ3v) is 2.31. The first-order chi connectivity index (χ1) is 8.49. The molecule has 0 atom stereocenters. The lowest BCUT2D eigenvalue weighted by Crippen LogP contribution is -2.25. The molecule has 0 unspecified atom stereocenters. The van der Waals surface area contributed by atoms with Crippen LogP contribution in [-0.2, 0) is 4.79 Å². The zero-order valence-electron chi connectivity index (χ0n) is 10.6. The van der Waals surface area contributed by atoms with Crippen LogP contribution < -0.4 is 11.1 Å². The number of amides is 2. The fourth-order valence-corrected chi connectivity index (χ4v) is 1.29. The summed E-state index contributed by atoms with van der Waals surface area (Å²) >= 11 is 0. The molecule has 0 spiro atoms. The van der Waals surface area contributed by atoms with Crippen LogP contribution in [0.25, 0.3) is 6.08 Å². The molecule has 4 nitrogen and oxygen atoms in total. The molecule has 0 aliphatic carbocycles. The molecule has 0 bridgehead atoms. The van der Waals surface area contributed by atoms with E-state index in [1.165, 1.54) is 6.08 Å². The SMILES string of the molecule is CC(C)CNC(=O)C=Cc1ccc(C(N)=O)cc1. The van der Waals surface area contributed by atoms with Crippen LogP contribution in [0.5, 0.6) is 0 Å². The van der Waals surface area contributed by atoms with Crippen molar-refractivity contribution in [2.24, 2.45) is 11.7 Å². The molecule has 1 aromatic carbocycles. The molecule has 0 fully saturated rings. The van der Waals surface area contributed by atoms with Crippen LogP contribution in [-0.4, -0.2) is 18.4 Å². The van der Waals surface area contributed by atoms with Crippen LogP contribution in [0.3, 0.4) is 0 Å². The number of rotatable bonds is 5. The molecule has 0 heterocycles. The van der Waals surface area contributed by atoms with Gasteiger partial charge in [0.2, 0.25) is 11.8 Å². The van der Waals surface area contributed by atoms with E-state index in [2.05, 4.69) is 5.32 Å². The van der Waals surface area contributed by atoms with Gasteiger partial charge < -0.3 is 11.1 Å². The minimum absolute atomic E-state index is 0.123. The Labute approximate surface area is 107 Å². The summed E-state index contributed by atoms with van der Waals surface area (Å²) in [6.45, 7) is 4.73. The number of hydrogen-bond donors (Lipinski definition) is 2. The predicted molar refractivity (Wildman–Crippen MR) is 71.8 cm³/mol. The Morgan fingerprint density at radius 1 is 1.28 bits per heavy atom. The zero-order chi connectivity index (χ0) is 13.5. The van der Waals surface area contributed by atoms with Crippen LogP contribution in [0.15, 0.2) is 30.3 Å². The van der Waals surface area contributed by atoms with Crippen molar-refractivity contribution < 1.29 is 9.59 Å². The minimum Gasteiger partial charge on any atom is -0.366 e. The topological polar surface area (TPSA) is 72.2 Å². The van der Waals surface area contributed by atoms with Crippen molar-refractivity contribution >= 4 is 17.9 Å². The maximum Gasteiger partial charge on any atom is 0.248 e. The molecule has 3 N–H and O–H groups in total. The lowest BCUT2D eigenvalue weighted by molar-refractivity contribution is -0.116. The largest absolute Gasteiger partial charge is 0.366 e. The van der Waals surface area contributed by atoms with Crippen molar-refractivity contribution in [3.05, 3.63) is 41.5 Å². The van der Waals surface area contributed by atoms with E-state index in [0.29, 0.717) is 18.0 Å². The molecule has 0 radical (unpaired) electrons. The van der Waals surface area contributed by atoms with E-state index in [1.54, 1.807) is 30.3 Å². The molecule has 18 heavy (non-hydrogen) atoms. The van der Waals surface area contributed by atoms with Crippen molar-refractivity contribution in [1.29, 1.82) is 0 Å². The van der Waals surface area contributed by atoms with E-state index in [0.717, 1.165) is 5.56 Å². The average molecular weight is 246 g/mol. The van der Waals surface area contributed by atoms with E-state index >= 15 is 0 Å². The molecular weight excluding hydrogens is 228 g/mol. The smallest absolute Gasteiger partial charge is 0.248 e. The summed E-state index contributed by atoms with van der Waals surface area (Å²) in [6.07, 6.45) is 3.17. The van der Waals surface area contributed by atoms with Crippen molar-refractivity contribution in [2.45, 2.75) is 13.8 Å². The second kappa shape index (κ2) is 6.59. The molecule has 0 saturated heterocycles. The second-order valence-electron chi connectivity index (χ2n) is 4.46. The van der Waals surface area contributed by atoms with Gasteiger partial charge >= 0.3 is 0 Å². The van der Waals surface area contributed by atoms with E-state index < -0.39 is 5.91 Å². The van der Waals surface area contributed by atoms with E-state index in [9.17, 15) is 9.59 Å². The van der Waals surface area contributed by atoms with Crippen molar-refractivity contribution in [3.8, 4) is 0 Å². The lowest BCUT2D eigenvalue weighted by Gasteiger charge is -2.04. The van der Waals surface area contributed by atoms with Gasteiger partial charge in [0.05, 0.1) is 0 Å². The molecule has 1 aromatic rings. The van der Waals surface area contributed by atoms with Gasteiger partial charge in [-0.05, 0) is 29.7 Å². The van der Waals surface area contributed by atoms with Gasteiger partial charge in [0, 0.05) is 18.2 Å². The van der Waals surface area contributed by atoms with Crippen LogP contribution in [0.1, 0.15) is 29.8 Å². The van der Waals surface area contributed by atoms with Gasteiger partial charge in [0.1, 0.15) is 0 Å². The van der Waals surface area contributed by atoms with Crippen LogP contribution in [0.4, 0.5) is 0 Å². The number of carbonyl (C=O) groups excluding carboxylic acids is 2. The Morgan fingerprint density at radius 3 is 2.39 bits per heavy atom. The highest BCUT2D eigenvalue weighted by atomic mass is 16.1. The van der Waals surface area contributed by atoms with Crippen LogP contribution in [0.2, 0.25) is 0 Å². The Morgan fingerprint density at radius 2 is 1.89 bits per heavy atom. The molecule has 1 rings (SSSR count). The fraction of sp³-hybridized carbons (Fsp3) is 0.286. The van der Waals surface area contributed by atoms with Gasteiger partial charge in [-0.1, -0.05) is 26.0 Å². The van der Waals surface area contributed by atoms with E-state index in [4.69, 9.17) is 5.73 Å². The maximum atomic E-state index is 11.4. The second-order valence-corrected chi connectivity index (χ2v) is 4.46. The molecule has 0 saturated carbocycles. The van der Waals surface area contributed by atoms with Crippen molar-refractivity contribution in [2.75, 3.05) is 6.54 Å². The maximum absolute atomic E-state index is 11.4. The summed E-state index contributed by atoms with van der Waals surface area (Å²) in [6, 6.07) is 6.75. The summed E-state index contributed by atoms with van der Waals surface area (Å²) in [4.78, 5) is 22.3. The number of carbonyl (C=O) groups is 2. The summed E-state index contributed by atoms with van der Waals surface area (Å²) in [5, 5.41) is 2.78. The van der Waals surface area contributed by atoms with Gasteiger partial charge in [0.25, 0.3) is 0 Å². The Balaban J connectivity index is 2.56. The molecule has 0 aromatic heterocycles. The van der Waals surface area contributed by atoms with Crippen LogP contribution in [0, 0.1) is 5.92 Å². The molecule has 0 aliphatic rings. The molecule has 4 heteroatoms. The zero-order valence-corrected chi connectivity index (χ0v) is 10.6. The summed E-state index contributed by atoms with van der Waals surface area (Å²) < 4.78 is 0. The standard InChI is InChI=1S/C14H18N2O2/c1-10(2)9-16-13(17)8-5-11-3-6-12(7-4-11)14(15)18/h3-8,10H,9H2,1-2H3,(H2,15,18)(H,16,17).